The monoisotopic (exact) mass is 564 g/mol. The molecule has 0 spiro atoms. The first-order valence-corrected chi connectivity index (χ1v) is 10.9. The fourth-order valence-corrected chi connectivity index (χ4v) is 3.45. The number of hydrogen-bond donors (Lipinski definition) is 2. The summed E-state index contributed by atoms with van der Waals surface area (Å²) in [6, 6.07) is 15.6. The van der Waals surface area contributed by atoms with Gasteiger partial charge in [0.05, 0.1) is 12.6 Å². The van der Waals surface area contributed by atoms with Crippen molar-refractivity contribution in [1.82, 2.24) is 15.5 Å². The van der Waals surface area contributed by atoms with E-state index in [1.807, 2.05) is 62.4 Å². The maximum Gasteiger partial charge on any atom is 0.253 e. The molecule has 0 fully saturated rings. The molecule has 1 amide bonds. The van der Waals surface area contributed by atoms with Crippen LogP contribution < -0.4 is 15.4 Å². The molecule has 1 heterocycles. The predicted molar refractivity (Wildman–Crippen MR) is 144 cm³/mol. The zero-order valence-corrected chi connectivity index (χ0v) is 22.2. The zero-order chi connectivity index (χ0) is 23.1. The number of furan rings is 1. The van der Waals surface area contributed by atoms with Gasteiger partial charge in [0.15, 0.2) is 17.3 Å². The Labute approximate surface area is 212 Å². The fraction of sp³-hybridized carbons (Fsp3) is 0.360. The molecule has 1 aromatic heterocycles. The third-order valence-electron chi connectivity index (χ3n) is 5.12. The minimum Gasteiger partial charge on any atom is -0.490 e. The van der Waals surface area contributed by atoms with Crippen LogP contribution in [0.3, 0.4) is 0 Å². The van der Waals surface area contributed by atoms with E-state index < -0.39 is 0 Å². The number of fused-ring (bicyclic) bond motifs is 1. The van der Waals surface area contributed by atoms with Gasteiger partial charge in [0, 0.05) is 38.6 Å². The van der Waals surface area contributed by atoms with Crippen molar-refractivity contribution in [2.45, 2.75) is 26.3 Å². The molecule has 0 bridgehead atoms. The van der Waals surface area contributed by atoms with Crippen LogP contribution in [0.15, 0.2) is 57.9 Å². The Balaban J connectivity index is 0.00000385. The van der Waals surface area contributed by atoms with Crippen LogP contribution >= 0.6 is 24.0 Å². The van der Waals surface area contributed by atoms with Crippen molar-refractivity contribution in [2.24, 2.45) is 4.99 Å². The molecular formula is C25H33IN4O3. The highest BCUT2D eigenvalue weighted by Crippen LogP contribution is 2.31. The number of carbonyl (C=O) groups is 1. The van der Waals surface area contributed by atoms with E-state index in [9.17, 15) is 4.79 Å². The molecule has 1 unspecified atom stereocenters. The van der Waals surface area contributed by atoms with Gasteiger partial charge in [0.25, 0.3) is 5.91 Å². The second-order valence-electron chi connectivity index (χ2n) is 7.77. The van der Waals surface area contributed by atoms with Gasteiger partial charge in [-0.25, -0.2) is 0 Å². The number of nitrogens with zero attached hydrogens (tertiary/aromatic N) is 2. The first-order chi connectivity index (χ1) is 15.4. The highest BCUT2D eigenvalue weighted by Gasteiger charge is 2.15. The third-order valence-corrected chi connectivity index (χ3v) is 5.12. The summed E-state index contributed by atoms with van der Waals surface area (Å²) < 4.78 is 11.8. The van der Waals surface area contributed by atoms with Gasteiger partial charge in [-0.3, -0.25) is 9.79 Å². The summed E-state index contributed by atoms with van der Waals surface area (Å²) in [5.74, 6) is 2.25. The molecular weight excluding hydrogens is 531 g/mol. The van der Waals surface area contributed by atoms with Gasteiger partial charge in [0.2, 0.25) is 0 Å². The van der Waals surface area contributed by atoms with Crippen molar-refractivity contribution >= 4 is 46.8 Å². The molecule has 0 aliphatic rings. The SMILES string of the molecule is CCOc1cccc2cc(C(C)NC(=NC)NCCc3cccc(C(=O)N(C)C)c3)oc12.I. The van der Waals surface area contributed by atoms with Crippen molar-refractivity contribution in [3.05, 3.63) is 65.4 Å². The summed E-state index contributed by atoms with van der Waals surface area (Å²) in [6.45, 7) is 5.26. The summed E-state index contributed by atoms with van der Waals surface area (Å²) in [5, 5.41) is 7.71. The molecule has 178 valence electrons. The molecule has 0 aliphatic heterocycles. The predicted octanol–water partition coefficient (Wildman–Crippen LogP) is 4.62. The molecule has 2 aromatic carbocycles. The Morgan fingerprint density at radius 3 is 2.64 bits per heavy atom. The lowest BCUT2D eigenvalue weighted by Crippen LogP contribution is -2.39. The molecule has 2 N–H and O–H groups in total. The van der Waals surface area contributed by atoms with Gasteiger partial charge in [0.1, 0.15) is 5.76 Å². The Bertz CT molecular complexity index is 1090. The molecule has 1 atom stereocenters. The maximum atomic E-state index is 12.2. The number of ether oxygens (including phenoxy) is 1. The molecule has 0 aliphatic carbocycles. The number of nitrogens with one attached hydrogen (secondary N) is 2. The lowest BCUT2D eigenvalue weighted by atomic mass is 10.1. The Kier molecular flexibility index (Phi) is 10.0. The Hall–Kier alpha value is -2.75. The largest absolute Gasteiger partial charge is 0.490 e. The van der Waals surface area contributed by atoms with Crippen LogP contribution in [-0.4, -0.2) is 51.1 Å². The third kappa shape index (κ3) is 6.86. The van der Waals surface area contributed by atoms with E-state index in [0.29, 0.717) is 24.7 Å². The summed E-state index contributed by atoms with van der Waals surface area (Å²) >= 11 is 0. The average molecular weight is 564 g/mol. The molecule has 0 saturated heterocycles. The first-order valence-electron chi connectivity index (χ1n) is 10.9. The Morgan fingerprint density at radius 1 is 1.18 bits per heavy atom. The molecule has 7 nitrogen and oxygen atoms in total. The Morgan fingerprint density at radius 2 is 1.94 bits per heavy atom. The molecule has 33 heavy (non-hydrogen) atoms. The normalized spacial score (nSPS) is 12.1. The summed E-state index contributed by atoms with van der Waals surface area (Å²) in [5.41, 5.74) is 2.54. The summed E-state index contributed by atoms with van der Waals surface area (Å²) in [4.78, 5) is 18.1. The lowest BCUT2D eigenvalue weighted by molar-refractivity contribution is 0.0827. The fourth-order valence-electron chi connectivity index (χ4n) is 3.45. The van der Waals surface area contributed by atoms with Crippen molar-refractivity contribution < 1.29 is 13.9 Å². The maximum absolute atomic E-state index is 12.2. The van der Waals surface area contributed by atoms with Crippen LogP contribution in [0, 0.1) is 0 Å². The van der Waals surface area contributed by atoms with Gasteiger partial charge in [-0.05, 0) is 50.1 Å². The van der Waals surface area contributed by atoms with E-state index in [1.165, 1.54) is 0 Å². The highest BCUT2D eigenvalue weighted by atomic mass is 127. The number of carbonyl (C=O) groups excluding carboxylic acids is 1. The average Bonchev–Trinajstić information content (AvgIpc) is 3.24. The smallest absolute Gasteiger partial charge is 0.253 e. The van der Waals surface area contributed by atoms with Crippen LogP contribution in [0.2, 0.25) is 0 Å². The second-order valence-corrected chi connectivity index (χ2v) is 7.77. The number of rotatable bonds is 8. The number of halogens is 1. The van der Waals surface area contributed by atoms with E-state index in [4.69, 9.17) is 9.15 Å². The minimum absolute atomic E-state index is 0. The topological polar surface area (TPSA) is 79.1 Å². The van der Waals surface area contributed by atoms with E-state index >= 15 is 0 Å². The first kappa shape index (κ1) is 26.5. The van der Waals surface area contributed by atoms with Crippen LogP contribution in [-0.2, 0) is 6.42 Å². The van der Waals surface area contributed by atoms with Crippen LogP contribution in [0.25, 0.3) is 11.0 Å². The number of benzene rings is 2. The van der Waals surface area contributed by atoms with Crippen LogP contribution in [0.4, 0.5) is 0 Å². The number of para-hydroxylation sites is 1. The standard InChI is InChI=1S/C25H32N4O3.HI/c1-6-31-21-12-8-10-19-16-22(32-23(19)21)17(2)28-25(26-3)27-14-13-18-9-7-11-20(15-18)24(30)29(4)5;/h7-12,15-17H,6,13-14H2,1-5H3,(H2,26,27,28);1H. The molecule has 3 rings (SSSR count). The lowest BCUT2D eigenvalue weighted by Gasteiger charge is -2.16. The molecule has 8 heteroatoms. The van der Waals surface area contributed by atoms with Gasteiger partial charge >= 0.3 is 0 Å². The van der Waals surface area contributed by atoms with E-state index in [0.717, 1.165) is 34.5 Å². The highest BCUT2D eigenvalue weighted by molar-refractivity contribution is 14.0. The van der Waals surface area contributed by atoms with E-state index in [-0.39, 0.29) is 35.9 Å². The second kappa shape index (κ2) is 12.5. The van der Waals surface area contributed by atoms with E-state index in [1.54, 1.807) is 26.0 Å². The van der Waals surface area contributed by atoms with Crippen molar-refractivity contribution in [2.75, 3.05) is 34.3 Å². The molecule has 3 aromatic rings. The van der Waals surface area contributed by atoms with Crippen LogP contribution in [0.1, 0.15) is 41.6 Å². The zero-order valence-electron chi connectivity index (χ0n) is 19.8. The number of guanidine groups is 1. The number of amides is 1. The van der Waals surface area contributed by atoms with Crippen LogP contribution in [0.5, 0.6) is 5.75 Å². The van der Waals surface area contributed by atoms with Gasteiger partial charge in [-0.1, -0.05) is 24.3 Å². The van der Waals surface area contributed by atoms with Gasteiger partial charge in [-0.15, -0.1) is 24.0 Å². The quantitative estimate of drug-likeness (QED) is 0.237. The van der Waals surface area contributed by atoms with Crippen molar-refractivity contribution in [3.8, 4) is 5.75 Å². The van der Waals surface area contributed by atoms with Crippen molar-refractivity contribution in [1.29, 1.82) is 0 Å². The summed E-state index contributed by atoms with van der Waals surface area (Å²) in [7, 11) is 5.25. The molecule has 0 saturated carbocycles. The van der Waals surface area contributed by atoms with Gasteiger partial charge in [-0.2, -0.15) is 0 Å². The minimum atomic E-state index is -0.0795. The molecule has 0 radical (unpaired) electrons. The summed E-state index contributed by atoms with van der Waals surface area (Å²) in [6.07, 6.45) is 0.770. The number of aliphatic imine (C=N–C) groups is 1. The van der Waals surface area contributed by atoms with E-state index in [2.05, 4.69) is 15.6 Å². The van der Waals surface area contributed by atoms with Crippen molar-refractivity contribution in [3.63, 3.8) is 0 Å². The number of hydrogen-bond acceptors (Lipinski definition) is 4. The van der Waals surface area contributed by atoms with Gasteiger partial charge < -0.3 is 24.7 Å².